The molecular weight excluding hydrogens is 584 g/mol. The fourth-order valence-corrected chi connectivity index (χ4v) is 5.53. The third-order valence-corrected chi connectivity index (χ3v) is 7.58. The maximum absolute atomic E-state index is 13.6. The number of benzene rings is 1. The Bertz CT molecular complexity index is 1830. The van der Waals surface area contributed by atoms with Gasteiger partial charge in [-0.3, -0.25) is 14.2 Å². The molecule has 0 radical (unpaired) electrons. The predicted molar refractivity (Wildman–Crippen MR) is 159 cm³/mol. The molecular formula is C27H29ClN8O5S. The molecule has 1 amide bonds. The minimum Gasteiger partial charge on any atom is -0.487 e. The molecule has 4 aromatic rings. The van der Waals surface area contributed by atoms with Gasteiger partial charge >= 0.3 is 0 Å². The van der Waals surface area contributed by atoms with E-state index in [0.717, 1.165) is 18.2 Å². The van der Waals surface area contributed by atoms with Crippen molar-refractivity contribution < 1.29 is 17.9 Å². The lowest BCUT2D eigenvalue weighted by Crippen LogP contribution is -2.32. The van der Waals surface area contributed by atoms with Gasteiger partial charge in [-0.25, -0.2) is 23.1 Å². The van der Waals surface area contributed by atoms with Crippen molar-refractivity contribution in [2.75, 3.05) is 29.6 Å². The lowest BCUT2D eigenvalue weighted by Gasteiger charge is -2.23. The number of aryl methyl sites for hydroxylation is 1. The first-order valence-corrected chi connectivity index (χ1v) is 15.3. The van der Waals surface area contributed by atoms with E-state index in [4.69, 9.17) is 21.3 Å². The Labute approximate surface area is 247 Å². The van der Waals surface area contributed by atoms with Crippen LogP contribution in [0.3, 0.4) is 0 Å². The van der Waals surface area contributed by atoms with Crippen molar-refractivity contribution in [1.82, 2.24) is 29.5 Å². The number of carbonyl (C=O) groups excluding carboxylic acids is 1. The van der Waals surface area contributed by atoms with E-state index in [1.54, 1.807) is 37.6 Å². The number of amides is 1. The van der Waals surface area contributed by atoms with E-state index in [9.17, 15) is 18.0 Å². The Hall–Kier alpha value is -4.30. The molecule has 1 fully saturated rings. The van der Waals surface area contributed by atoms with E-state index in [0.29, 0.717) is 41.3 Å². The van der Waals surface area contributed by atoms with Crippen molar-refractivity contribution in [3.63, 3.8) is 0 Å². The number of nitrogens with one attached hydrogen (secondary N) is 2. The van der Waals surface area contributed by atoms with Gasteiger partial charge < -0.3 is 15.0 Å². The average Bonchev–Trinajstić information content (AvgIpc) is 3.39. The number of carbonyl (C=O) groups is 1. The predicted octanol–water partition coefficient (Wildman–Crippen LogP) is 2.60. The summed E-state index contributed by atoms with van der Waals surface area (Å²) in [5.74, 6) is 0.202. The fourth-order valence-electron chi connectivity index (χ4n) is 4.95. The van der Waals surface area contributed by atoms with Crippen LogP contribution in [-0.2, 0) is 17.1 Å². The smallest absolute Gasteiger partial charge is 0.285 e. The summed E-state index contributed by atoms with van der Waals surface area (Å²) < 4.78 is 32.9. The molecule has 0 bridgehead atoms. The molecule has 0 aliphatic carbocycles. The topological polar surface area (TPSA) is 161 Å². The lowest BCUT2D eigenvalue weighted by atomic mass is 10.0. The summed E-state index contributed by atoms with van der Waals surface area (Å²) in [4.78, 5) is 37.3. The van der Waals surface area contributed by atoms with Crippen molar-refractivity contribution >= 4 is 50.1 Å². The van der Waals surface area contributed by atoms with E-state index in [-0.39, 0.29) is 28.2 Å². The fraction of sp³-hybridized carbons (Fsp3) is 0.333. The quantitative estimate of drug-likeness (QED) is 0.281. The Morgan fingerprint density at radius 3 is 2.69 bits per heavy atom. The van der Waals surface area contributed by atoms with Crippen molar-refractivity contribution in [3.8, 4) is 5.75 Å². The van der Waals surface area contributed by atoms with Gasteiger partial charge in [-0.1, -0.05) is 17.7 Å². The van der Waals surface area contributed by atoms with Crippen LogP contribution in [0.5, 0.6) is 5.75 Å². The summed E-state index contributed by atoms with van der Waals surface area (Å²) in [6, 6.07) is 8.02. The maximum atomic E-state index is 13.6. The first-order valence-electron chi connectivity index (χ1n) is 13.0. The highest BCUT2D eigenvalue weighted by Crippen LogP contribution is 2.30. The number of hydrogen-bond donors (Lipinski definition) is 2. The minimum atomic E-state index is -3.84. The molecule has 0 saturated carbocycles. The number of halogens is 1. The molecule has 2 atom stereocenters. The van der Waals surface area contributed by atoms with Crippen molar-refractivity contribution in [3.05, 3.63) is 75.1 Å². The Morgan fingerprint density at radius 1 is 1.19 bits per heavy atom. The van der Waals surface area contributed by atoms with Crippen molar-refractivity contribution in [1.29, 1.82) is 0 Å². The van der Waals surface area contributed by atoms with Gasteiger partial charge in [-0.2, -0.15) is 10.2 Å². The second-order valence-corrected chi connectivity index (χ2v) is 12.3. The largest absolute Gasteiger partial charge is 0.487 e. The van der Waals surface area contributed by atoms with Crippen LogP contribution in [0.1, 0.15) is 41.0 Å². The van der Waals surface area contributed by atoms with Crippen LogP contribution in [0.2, 0.25) is 5.15 Å². The van der Waals surface area contributed by atoms with E-state index in [2.05, 4.69) is 20.5 Å². The number of aromatic nitrogens is 5. The molecule has 42 heavy (non-hydrogen) atoms. The van der Waals surface area contributed by atoms with E-state index in [1.807, 2.05) is 29.5 Å². The highest BCUT2D eigenvalue weighted by molar-refractivity contribution is 7.89. The third kappa shape index (κ3) is 6.29. The summed E-state index contributed by atoms with van der Waals surface area (Å²) in [5, 5.41) is 11.3. The minimum absolute atomic E-state index is 0.0238. The first-order chi connectivity index (χ1) is 19.9. The molecule has 13 nitrogen and oxygen atoms in total. The van der Waals surface area contributed by atoms with Gasteiger partial charge in [-0.05, 0) is 37.6 Å². The first kappa shape index (κ1) is 29.2. The van der Waals surface area contributed by atoms with Gasteiger partial charge in [0.2, 0.25) is 16.0 Å². The van der Waals surface area contributed by atoms with Crippen LogP contribution < -0.4 is 25.2 Å². The highest BCUT2D eigenvalue weighted by atomic mass is 35.5. The molecule has 220 valence electrons. The summed E-state index contributed by atoms with van der Waals surface area (Å²) in [7, 11) is -2.14. The zero-order chi connectivity index (χ0) is 30.2. The summed E-state index contributed by atoms with van der Waals surface area (Å²) in [6.45, 7) is 4.90. The Kier molecular flexibility index (Phi) is 8.01. The molecule has 1 aliphatic rings. The van der Waals surface area contributed by atoms with Crippen LogP contribution >= 0.6 is 11.6 Å². The number of hydrogen-bond acceptors (Lipinski definition) is 11. The van der Waals surface area contributed by atoms with Gasteiger partial charge in [-0.15, -0.1) is 0 Å². The average molecular weight is 613 g/mol. The monoisotopic (exact) mass is 612 g/mol. The zero-order valence-corrected chi connectivity index (χ0v) is 24.9. The van der Waals surface area contributed by atoms with Gasteiger partial charge in [0.25, 0.3) is 11.5 Å². The van der Waals surface area contributed by atoms with Crippen LogP contribution in [-0.4, -0.2) is 64.5 Å². The number of rotatable bonds is 8. The molecule has 2 N–H and O–H groups in total. The van der Waals surface area contributed by atoms with Gasteiger partial charge in [0.05, 0.1) is 47.8 Å². The van der Waals surface area contributed by atoms with Gasteiger partial charge in [0, 0.05) is 31.6 Å². The number of pyridine rings is 1. The van der Waals surface area contributed by atoms with E-state index >= 15 is 0 Å². The number of sulfonamides is 1. The summed E-state index contributed by atoms with van der Waals surface area (Å²) in [5.41, 5.74) is 1.94. The highest BCUT2D eigenvalue weighted by Gasteiger charge is 2.28. The third-order valence-electron chi connectivity index (χ3n) is 6.81. The molecule has 3 aromatic heterocycles. The molecule has 0 spiro atoms. The number of nitrogens with zero attached hydrogens (tertiary/aromatic N) is 6. The number of ether oxygens (including phenoxy) is 1. The summed E-state index contributed by atoms with van der Waals surface area (Å²) >= 11 is 6.02. The van der Waals surface area contributed by atoms with Gasteiger partial charge in [0.15, 0.2) is 5.69 Å². The molecule has 1 saturated heterocycles. The number of anilines is 2. The van der Waals surface area contributed by atoms with E-state index < -0.39 is 22.0 Å². The SMILES string of the molecule is Cc1cc(C(C)Nc2ccc(Cl)nc2C(=O)NS(C)(=O)=O)c2nc(N3CC[C@@H](Oc4ccnnc4)C3)n(C)c(=O)c2c1. The number of fused-ring (bicyclic) bond motifs is 1. The van der Waals surface area contributed by atoms with Gasteiger partial charge in [0.1, 0.15) is 17.0 Å². The molecule has 1 aromatic carbocycles. The van der Waals surface area contributed by atoms with Crippen LogP contribution in [0.15, 0.2) is 47.5 Å². The van der Waals surface area contributed by atoms with E-state index in [1.165, 1.54) is 10.6 Å². The second kappa shape index (κ2) is 11.5. The molecule has 5 rings (SSSR count). The maximum Gasteiger partial charge on any atom is 0.285 e. The Balaban J connectivity index is 1.49. The van der Waals surface area contributed by atoms with Crippen molar-refractivity contribution in [2.45, 2.75) is 32.4 Å². The van der Waals surface area contributed by atoms with Crippen LogP contribution in [0, 0.1) is 6.92 Å². The normalized spacial score (nSPS) is 15.9. The molecule has 4 heterocycles. The van der Waals surface area contributed by atoms with Crippen molar-refractivity contribution in [2.24, 2.45) is 7.05 Å². The molecule has 1 unspecified atom stereocenters. The van der Waals surface area contributed by atoms with Crippen LogP contribution in [0.25, 0.3) is 10.9 Å². The summed E-state index contributed by atoms with van der Waals surface area (Å²) in [6.07, 6.45) is 4.61. The van der Waals surface area contributed by atoms with Crippen LogP contribution in [0.4, 0.5) is 11.6 Å². The molecule has 15 heteroatoms. The second-order valence-electron chi connectivity index (χ2n) is 10.2. The zero-order valence-electron chi connectivity index (χ0n) is 23.3. The lowest BCUT2D eigenvalue weighted by molar-refractivity contribution is 0.0977. The Morgan fingerprint density at radius 2 is 1.98 bits per heavy atom. The molecule has 1 aliphatic heterocycles. The standard InChI is InChI=1S/C27H29ClN8O5S/c1-15-11-19(16(2)31-21-5-6-22(28)32-24(21)25(37)34-42(4,39)40)23-20(12-15)26(38)35(3)27(33-23)36-10-8-18(14-36)41-17-7-9-29-30-13-17/h5-7,9,11-13,16,18,31H,8,10,14H2,1-4H3,(H,34,37)/t16?,18-/m1/s1.